The Kier molecular flexibility index (Phi) is 2.00. The number of carbonyl (C=O) groups excluding carboxylic acids is 2. The highest BCUT2D eigenvalue weighted by molar-refractivity contribution is 6.34. The first-order chi connectivity index (χ1) is 5.04. The molecule has 4 heteroatoms. The second-order valence-corrected chi connectivity index (χ2v) is 2.92. The van der Waals surface area contributed by atoms with Crippen LogP contribution in [0.15, 0.2) is 11.1 Å². The summed E-state index contributed by atoms with van der Waals surface area (Å²) in [5.41, 5.74) is 0. The van der Waals surface area contributed by atoms with Crippen molar-refractivity contribution in [2.24, 2.45) is 5.92 Å². The lowest BCUT2D eigenvalue weighted by Crippen LogP contribution is -2.39. The number of hydrogen-bond donors (Lipinski definition) is 0. The Labute approximate surface area is 69.6 Å². The van der Waals surface area contributed by atoms with Gasteiger partial charge in [0.05, 0.1) is 5.92 Å². The minimum absolute atomic E-state index is 0.248. The highest BCUT2D eigenvalue weighted by Gasteiger charge is 2.28. The van der Waals surface area contributed by atoms with Gasteiger partial charge in [-0.1, -0.05) is 11.6 Å². The van der Waals surface area contributed by atoms with Crippen molar-refractivity contribution in [3.05, 3.63) is 11.1 Å². The lowest BCUT2D eigenvalue weighted by atomic mass is 10.1. The predicted octanol–water partition coefficient (Wildman–Crippen LogP) is 0.744. The van der Waals surface area contributed by atoms with Crippen LogP contribution < -0.4 is 0 Å². The molecule has 0 aliphatic carbocycles. The summed E-state index contributed by atoms with van der Waals surface area (Å²) in [6.45, 7) is 1.67. The summed E-state index contributed by atoms with van der Waals surface area (Å²) in [6, 6.07) is 0. The van der Waals surface area contributed by atoms with Gasteiger partial charge in [-0.2, -0.15) is 0 Å². The molecule has 0 fully saturated rings. The van der Waals surface area contributed by atoms with Gasteiger partial charge in [-0.15, -0.1) is 0 Å². The van der Waals surface area contributed by atoms with E-state index < -0.39 is 0 Å². The standard InChI is InChI=1S/C7H8ClNO2/c1-4-5(8)3-6(10)9(2)7(4)11/h3-4H,1-2H3. The second kappa shape index (κ2) is 2.66. The molecule has 3 nitrogen and oxygen atoms in total. The first-order valence-corrected chi connectivity index (χ1v) is 3.60. The molecule has 0 bridgehead atoms. The molecule has 0 spiro atoms. The molecule has 0 saturated heterocycles. The lowest BCUT2D eigenvalue weighted by molar-refractivity contribution is -0.143. The third kappa shape index (κ3) is 1.28. The topological polar surface area (TPSA) is 37.4 Å². The van der Waals surface area contributed by atoms with Crippen molar-refractivity contribution in [1.82, 2.24) is 4.90 Å². The number of carbonyl (C=O) groups is 2. The van der Waals surface area contributed by atoms with Crippen LogP contribution in [0.25, 0.3) is 0 Å². The van der Waals surface area contributed by atoms with E-state index in [4.69, 9.17) is 11.6 Å². The smallest absolute Gasteiger partial charge is 0.254 e. The number of rotatable bonds is 0. The summed E-state index contributed by atoms with van der Waals surface area (Å²) in [5, 5.41) is 0.318. The van der Waals surface area contributed by atoms with Crippen LogP contribution >= 0.6 is 11.6 Å². The fraction of sp³-hybridized carbons (Fsp3) is 0.429. The van der Waals surface area contributed by atoms with Crippen molar-refractivity contribution in [2.75, 3.05) is 7.05 Å². The summed E-state index contributed by atoms with van der Waals surface area (Å²) in [4.78, 5) is 23.1. The Morgan fingerprint density at radius 3 is 2.64 bits per heavy atom. The van der Waals surface area contributed by atoms with Crippen molar-refractivity contribution < 1.29 is 9.59 Å². The highest BCUT2D eigenvalue weighted by atomic mass is 35.5. The minimum Gasteiger partial charge on any atom is -0.282 e. The van der Waals surface area contributed by atoms with E-state index >= 15 is 0 Å². The first kappa shape index (κ1) is 8.27. The molecular formula is C7H8ClNO2. The number of amides is 2. The van der Waals surface area contributed by atoms with E-state index in [0.29, 0.717) is 5.03 Å². The van der Waals surface area contributed by atoms with E-state index in [1.54, 1.807) is 6.92 Å². The summed E-state index contributed by atoms with van der Waals surface area (Å²) in [6.07, 6.45) is 1.27. The average Bonchev–Trinajstić information content (AvgIpc) is 1.97. The third-order valence-corrected chi connectivity index (χ3v) is 2.14. The molecule has 0 N–H and O–H groups in total. The zero-order valence-electron chi connectivity index (χ0n) is 6.30. The van der Waals surface area contributed by atoms with Crippen LogP contribution in [0.2, 0.25) is 0 Å². The molecule has 1 atom stereocenters. The predicted molar refractivity (Wildman–Crippen MR) is 40.9 cm³/mol. The molecule has 1 unspecified atom stereocenters. The van der Waals surface area contributed by atoms with Crippen LogP contribution in [0.5, 0.6) is 0 Å². The van der Waals surface area contributed by atoms with E-state index in [2.05, 4.69) is 0 Å². The Morgan fingerprint density at radius 2 is 2.09 bits per heavy atom. The lowest BCUT2D eigenvalue weighted by Gasteiger charge is -2.22. The van der Waals surface area contributed by atoms with Gasteiger partial charge in [0.1, 0.15) is 0 Å². The monoisotopic (exact) mass is 173 g/mol. The molecule has 11 heavy (non-hydrogen) atoms. The molecule has 1 aliphatic heterocycles. The molecule has 1 rings (SSSR count). The molecule has 0 aromatic carbocycles. The number of likely N-dealkylation sites (N-methyl/N-ethyl adjacent to an activating group) is 1. The fourth-order valence-electron chi connectivity index (χ4n) is 0.857. The third-order valence-electron chi connectivity index (χ3n) is 1.71. The van der Waals surface area contributed by atoms with Gasteiger partial charge >= 0.3 is 0 Å². The fourth-order valence-corrected chi connectivity index (χ4v) is 1.04. The van der Waals surface area contributed by atoms with Gasteiger partial charge in [0.25, 0.3) is 5.91 Å². The van der Waals surface area contributed by atoms with Crippen molar-refractivity contribution in [3.63, 3.8) is 0 Å². The van der Waals surface area contributed by atoms with E-state index in [0.717, 1.165) is 4.90 Å². The highest BCUT2D eigenvalue weighted by Crippen LogP contribution is 2.21. The molecule has 0 radical (unpaired) electrons. The summed E-state index contributed by atoms with van der Waals surface area (Å²) < 4.78 is 0. The van der Waals surface area contributed by atoms with Gasteiger partial charge in [-0.05, 0) is 6.92 Å². The maximum atomic E-state index is 11.1. The summed E-state index contributed by atoms with van der Waals surface area (Å²) >= 11 is 5.61. The van der Waals surface area contributed by atoms with Crippen LogP contribution in [0.3, 0.4) is 0 Å². The van der Waals surface area contributed by atoms with Crippen molar-refractivity contribution in [2.45, 2.75) is 6.92 Å². The van der Waals surface area contributed by atoms with E-state index in [1.165, 1.54) is 13.1 Å². The van der Waals surface area contributed by atoms with Gasteiger partial charge < -0.3 is 0 Å². The van der Waals surface area contributed by atoms with Crippen LogP contribution in [0.1, 0.15) is 6.92 Å². The van der Waals surface area contributed by atoms with Crippen LogP contribution in [0.4, 0.5) is 0 Å². The maximum Gasteiger partial charge on any atom is 0.254 e. The van der Waals surface area contributed by atoms with Gasteiger partial charge in [0, 0.05) is 18.2 Å². The van der Waals surface area contributed by atoms with Crippen molar-refractivity contribution in [1.29, 1.82) is 0 Å². The molecule has 1 heterocycles. The number of nitrogens with zero attached hydrogens (tertiary/aromatic N) is 1. The normalized spacial score (nSPS) is 25.5. The summed E-state index contributed by atoms with van der Waals surface area (Å²) in [5.74, 6) is -0.972. The van der Waals surface area contributed by atoms with Crippen molar-refractivity contribution in [3.8, 4) is 0 Å². The van der Waals surface area contributed by atoms with Gasteiger partial charge in [0.2, 0.25) is 5.91 Å². The Hall–Kier alpha value is -0.830. The molecule has 1 aliphatic rings. The molecule has 0 aromatic heterocycles. The van der Waals surface area contributed by atoms with Gasteiger partial charge in [-0.3, -0.25) is 14.5 Å². The Bertz CT molecular complexity index is 247. The van der Waals surface area contributed by atoms with E-state index in [9.17, 15) is 9.59 Å². The van der Waals surface area contributed by atoms with E-state index in [-0.39, 0.29) is 17.7 Å². The Balaban J connectivity index is 3.01. The van der Waals surface area contributed by atoms with Crippen LogP contribution in [0, 0.1) is 5.92 Å². The minimum atomic E-state index is -0.376. The zero-order chi connectivity index (χ0) is 8.59. The number of hydrogen-bond acceptors (Lipinski definition) is 2. The largest absolute Gasteiger partial charge is 0.282 e. The molecule has 0 aromatic rings. The number of halogens is 1. The van der Waals surface area contributed by atoms with Crippen LogP contribution in [-0.2, 0) is 9.59 Å². The zero-order valence-corrected chi connectivity index (χ0v) is 7.05. The van der Waals surface area contributed by atoms with Gasteiger partial charge in [0.15, 0.2) is 0 Å². The SMILES string of the molecule is CC1C(=O)N(C)C(=O)C=C1Cl. The van der Waals surface area contributed by atoms with E-state index in [1.807, 2.05) is 0 Å². The Morgan fingerprint density at radius 1 is 1.55 bits per heavy atom. The average molecular weight is 174 g/mol. The first-order valence-electron chi connectivity index (χ1n) is 3.22. The molecule has 2 amide bonds. The van der Waals surface area contributed by atoms with Gasteiger partial charge in [-0.25, -0.2) is 0 Å². The molecular weight excluding hydrogens is 166 g/mol. The second-order valence-electron chi connectivity index (χ2n) is 2.49. The summed E-state index contributed by atoms with van der Waals surface area (Å²) in [7, 11) is 1.45. The van der Waals surface area contributed by atoms with Crippen LogP contribution in [-0.4, -0.2) is 23.8 Å². The van der Waals surface area contributed by atoms with Crippen molar-refractivity contribution >= 4 is 23.4 Å². The maximum absolute atomic E-state index is 11.1. The quantitative estimate of drug-likeness (QED) is 0.507. The molecule has 60 valence electrons. The number of imide groups is 1. The molecule has 0 saturated carbocycles.